The Kier molecular flexibility index (Phi) is 6.09. The smallest absolute Gasteiger partial charge is 0.280 e. The highest BCUT2D eigenvalue weighted by atomic mass is 19.3. The van der Waals surface area contributed by atoms with E-state index < -0.39 is 23.8 Å². The molecule has 27 heavy (non-hydrogen) atoms. The molecular weight excluding hydrogens is 356 g/mol. The van der Waals surface area contributed by atoms with Gasteiger partial charge in [-0.1, -0.05) is 0 Å². The molecule has 1 aromatic heterocycles. The summed E-state index contributed by atoms with van der Waals surface area (Å²) in [7, 11) is 1.52. The molecule has 0 radical (unpaired) electrons. The second kappa shape index (κ2) is 8.33. The normalized spacial score (nSPS) is 25.1. The number of halogens is 2. The van der Waals surface area contributed by atoms with Gasteiger partial charge in [0, 0.05) is 31.1 Å². The topological polar surface area (TPSA) is 73.3 Å². The number of rotatable bonds is 7. The molecule has 7 heteroatoms. The highest BCUT2D eigenvalue weighted by molar-refractivity contribution is 6.25. The molecule has 5 nitrogen and oxygen atoms in total. The summed E-state index contributed by atoms with van der Waals surface area (Å²) in [5.74, 6) is -3.05. The SMILES string of the molecule is COCCCc1nc(C(F)F)ccc1C(=O)C1C(=O)C2CCC(CC2)C1=O. The average Bonchev–Trinajstić information content (AvgIpc) is 2.86. The van der Waals surface area contributed by atoms with Crippen LogP contribution in [0.1, 0.15) is 60.3 Å². The summed E-state index contributed by atoms with van der Waals surface area (Å²) in [6.45, 7) is 0.389. The lowest BCUT2D eigenvalue weighted by Crippen LogP contribution is -2.35. The summed E-state index contributed by atoms with van der Waals surface area (Å²) in [4.78, 5) is 42.6. The highest BCUT2D eigenvalue weighted by Gasteiger charge is 2.47. The van der Waals surface area contributed by atoms with Crippen LogP contribution in [0.2, 0.25) is 0 Å². The summed E-state index contributed by atoms with van der Waals surface area (Å²) < 4.78 is 31.0. The lowest BCUT2D eigenvalue weighted by atomic mass is 9.84. The van der Waals surface area contributed by atoms with Gasteiger partial charge in [-0.15, -0.1) is 0 Å². The number of alkyl halides is 2. The van der Waals surface area contributed by atoms with E-state index in [2.05, 4.69) is 4.98 Å². The van der Waals surface area contributed by atoms with Gasteiger partial charge >= 0.3 is 0 Å². The number of ketones is 3. The molecular formula is C20H23F2NO4. The minimum Gasteiger partial charge on any atom is -0.385 e. The van der Waals surface area contributed by atoms with Gasteiger partial charge in [-0.05, 0) is 50.7 Å². The number of carbonyl (C=O) groups is 3. The summed E-state index contributed by atoms with van der Waals surface area (Å²) >= 11 is 0. The molecule has 0 unspecified atom stereocenters. The zero-order chi connectivity index (χ0) is 19.6. The Morgan fingerprint density at radius 3 is 2.26 bits per heavy atom. The predicted octanol–water partition coefficient (Wildman–Crippen LogP) is 3.36. The van der Waals surface area contributed by atoms with Gasteiger partial charge in [0.1, 0.15) is 11.6 Å². The predicted molar refractivity (Wildman–Crippen MR) is 92.7 cm³/mol. The van der Waals surface area contributed by atoms with Crippen molar-refractivity contribution < 1.29 is 27.9 Å². The van der Waals surface area contributed by atoms with Crippen LogP contribution in [0.3, 0.4) is 0 Å². The van der Waals surface area contributed by atoms with Gasteiger partial charge in [0.2, 0.25) is 0 Å². The molecule has 146 valence electrons. The van der Waals surface area contributed by atoms with Crippen LogP contribution in [-0.4, -0.2) is 36.1 Å². The summed E-state index contributed by atoms with van der Waals surface area (Å²) in [5.41, 5.74) is -0.117. The maximum atomic E-state index is 13.1. The summed E-state index contributed by atoms with van der Waals surface area (Å²) in [6.07, 6.45) is 0.563. The van der Waals surface area contributed by atoms with Crippen molar-refractivity contribution in [3.63, 3.8) is 0 Å². The zero-order valence-electron chi connectivity index (χ0n) is 15.2. The fourth-order valence-corrected chi connectivity index (χ4v) is 4.13. The summed E-state index contributed by atoms with van der Waals surface area (Å²) in [5, 5.41) is 0. The fraction of sp³-hybridized carbons (Fsp3) is 0.600. The van der Waals surface area contributed by atoms with Crippen LogP contribution in [-0.2, 0) is 20.7 Å². The van der Waals surface area contributed by atoms with Crippen LogP contribution in [0.25, 0.3) is 0 Å². The molecule has 0 spiro atoms. The highest BCUT2D eigenvalue weighted by Crippen LogP contribution is 2.39. The number of nitrogens with zero attached hydrogens (tertiary/aromatic N) is 1. The third-order valence-electron chi connectivity index (χ3n) is 5.61. The molecule has 1 aromatic rings. The van der Waals surface area contributed by atoms with Crippen LogP contribution in [0.15, 0.2) is 12.1 Å². The van der Waals surface area contributed by atoms with Crippen LogP contribution < -0.4 is 0 Å². The minimum atomic E-state index is -2.76. The Morgan fingerprint density at radius 1 is 1.15 bits per heavy atom. The molecule has 3 fully saturated rings. The number of hydrogen-bond donors (Lipinski definition) is 0. The Hall–Kier alpha value is -2.02. The molecule has 4 rings (SSSR count). The Morgan fingerprint density at radius 2 is 1.74 bits per heavy atom. The van der Waals surface area contributed by atoms with Crippen molar-refractivity contribution in [3.05, 3.63) is 29.1 Å². The molecule has 0 aromatic carbocycles. The van der Waals surface area contributed by atoms with Crippen molar-refractivity contribution in [2.45, 2.75) is 45.0 Å². The van der Waals surface area contributed by atoms with Gasteiger partial charge < -0.3 is 4.74 Å². The molecule has 0 N–H and O–H groups in total. The van der Waals surface area contributed by atoms with Crippen molar-refractivity contribution in [3.8, 4) is 0 Å². The van der Waals surface area contributed by atoms with Gasteiger partial charge in [0.15, 0.2) is 17.3 Å². The first-order valence-electron chi connectivity index (χ1n) is 9.32. The monoisotopic (exact) mass is 379 g/mol. The number of Topliss-reactive ketones (excluding diaryl/α,β-unsaturated/α-hetero) is 3. The van der Waals surface area contributed by atoms with Crippen molar-refractivity contribution >= 4 is 17.3 Å². The zero-order valence-corrected chi connectivity index (χ0v) is 15.2. The first kappa shape index (κ1) is 19.7. The first-order valence-corrected chi connectivity index (χ1v) is 9.32. The van der Waals surface area contributed by atoms with Gasteiger partial charge in [-0.25, -0.2) is 8.78 Å². The first-order chi connectivity index (χ1) is 12.9. The van der Waals surface area contributed by atoms with Gasteiger partial charge in [0.05, 0.1) is 5.69 Å². The van der Waals surface area contributed by atoms with Gasteiger partial charge in [0.25, 0.3) is 6.43 Å². The average molecular weight is 379 g/mol. The van der Waals surface area contributed by atoms with E-state index in [-0.39, 0.29) is 41.1 Å². The molecule has 2 bridgehead atoms. The standard InChI is InChI=1S/C20H23F2NO4/c1-27-10-2-3-14-13(8-9-15(23-14)20(21)22)19(26)16-17(24)11-4-5-12(7-6-11)18(16)25/h8-9,11-12,16,20H,2-7,10H2,1H3. The van der Waals surface area contributed by atoms with E-state index in [1.165, 1.54) is 13.2 Å². The third-order valence-corrected chi connectivity index (χ3v) is 5.61. The maximum absolute atomic E-state index is 13.1. The summed E-state index contributed by atoms with van der Waals surface area (Å²) in [6, 6.07) is 2.38. The Labute approximate surface area is 156 Å². The van der Waals surface area contributed by atoms with Gasteiger partial charge in [-0.3, -0.25) is 19.4 Å². The van der Waals surface area contributed by atoms with E-state index in [4.69, 9.17) is 4.74 Å². The number of aromatic nitrogens is 1. The van der Waals surface area contributed by atoms with E-state index in [1.54, 1.807) is 0 Å². The van der Waals surface area contributed by atoms with E-state index in [0.717, 1.165) is 6.07 Å². The Bertz CT molecular complexity index is 717. The number of methoxy groups -OCH3 is 1. The Balaban J connectivity index is 1.94. The van der Waals surface area contributed by atoms with E-state index >= 15 is 0 Å². The molecule has 1 heterocycles. The molecule has 0 saturated heterocycles. The van der Waals surface area contributed by atoms with Crippen molar-refractivity contribution in [2.24, 2.45) is 17.8 Å². The van der Waals surface area contributed by atoms with Gasteiger partial charge in [-0.2, -0.15) is 0 Å². The van der Waals surface area contributed by atoms with E-state index in [1.807, 2.05) is 0 Å². The largest absolute Gasteiger partial charge is 0.385 e. The maximum Gasteiger partial charge on any atom is 0.280 e. The second-order valence-electron chi connectivity index (χ2n) is 7.28. The number of pyridine rings is 1. The van der Waals surface area contributed by atoms with Crippen LogP contribution >= 0.6 is 0 Å². The second-order valence-corrected chi connectivity index (χ2v) is 7.28. The fourth-order valence-electron chi connectivity index (χ4n) is 4.13. The van der Waals surface area contributed by atoms with Crippen molar-refractivity contribution in [1.29, 1.82) is 0 Å². The number of carbonyl (C=O) groups excluding carboxylic acids is 3. The lowest BCUT2D eigenvalue weighted by molar-refractivity contribution is -0.132. The number of hydrogen-bond acceptors (Lipinski definition) is 5. The van der Waals surface area contributed by atoms with E-state index in [0.29, 0.717) is 38.7 Å². The van der Waals surface area contributed by atoms with E-state index in [9.17, 15) is 23.2 Å². The molecule has 0 amide bonds. The quantitative estimate of drug-likeness (QED) is 0.413. The van der Waals surface area contributed by atoms with Crippen LogP contribution in [0.5, 0.6) is 0 Å². The van der Waals surface area contributed by atoms with Crippen LogP contribution in [0.4, 0.5) is 8.78 Å². The lowest BCUT2D eigenvalue weighted by Gasteiger charge is -2.19. The van der Waals surface area contributed by atoms with Crippen LogP contribution in [0, 0.1) is 17.8 Å². The van der Waals surface area contributed by atoms with Crippen molar-refractivity contribution in [2.75, 3.05) is 13.7 Å². The molecule has 0 atom stereocenters. The minimum absolute atomic E-state index is 0.100. The molecule has 3 saturated carbocycles. The third kappa shape index (κ3) is 3.98. The number of ether oxygens (including phenoxy) is 1. The molecule has 0 aliphatic heterocycles. The molecule has 3 aliphatic rings. The molecule has 3 aliphatic carbocycles. The number of fused-ring (bicyclic) bond motifs is 4. The van der Waals surface area contributed by atoms with Crippen molar-refractivity contribution in [1.82, 2.24) is 4.98 Å². The number of aryl methyl sites for hydroxylation is 1.